The van der Waals surface area contributed by atoms with Gasteiger partial charge in [-0.25, -0.2) is 4.98 Å². The molecule has 0 bridgehead atoms. The lowest BCUT2D eigenvalue weighted by Gasteiger charge is -2.32. The first kappa shape index (κ1) is 18.6. The number of aryl methyl sites for hydroxylation is 2. The van der Waals surface area contributed by atoms with E-state index in [1.54, 1.807) is 18.6 Å². The van der Waals surface area contributed by atoms with Crippen molar-refractivity contribution in [1.82, 2.24) is 29.6 Å². The molecule has 4 heterocycles. The molecule has 146 valence electrons. The Kier molecular flexibility index (Phi) is 5.62. The van der Waals surface area contributed by atoms with Crippen LogP contribution in [0.15, 0.2) is 43.1 Å². The standard InChI is InChI=1S/C21H26N6O/c1-3-27-14-17(12-25-27)13-26-11-5-6-18(15-26)20-21(24-10-9-23-20)28-19-7-4-8-22-16(19)2/h4,7-10,12,14,18H,3,5-6,11,13,15H2,1-2H3. The largest absolute Gasteiger partial charge is 0.435 e. The third-order valence-corrected chi connectivity index (χ3v) is 5.17. The zero-order valence-electron chi connectivity index (χ0n) is 16.5. The second kappa shape index (κ2) is 8.48. The molecule has 1 aliphatic rings. The van der Waals surface area contributed by atoms with Gasteiger partial charge in [0, 0.05) is 55.9 Å². The summed E-state index contributed by atoms with van der Waals surface area (Å²) in [5.74, 6) is 1.61. The topological polar surface area (TPSA) is 69.0 Å². The smallest absolute Gasteiger partial charge is 0.241 e. The summed E-state index contributed by atoms with van der Waals surface area (Å²) >= 11 is 0. The summed E-state index contributed by atoms with van der Waals surface area (Å²) in [7, 11) is 0. The highest BCUT2D eigenvalue weighted by molar-refractivity contribution is 5.33. The van der Waals surface area contributed by atoms with Gasteiger partial charge in [0.2, 0.25) is 5.88 Å². The van der Waals surface area contributed by atoms with E-state index in [1.807, 2.05) is 29.9 Å². The minimum absolute atomic E-state index is 0.302. The number of hydrogen-bond donors (Lipinski definition) is 0. The molecular formula is C21H26N6O. The first-order valence-corrected chi connectivity index (χ1v) is 9.87. The van der Waals surface area contributed by atoms with Crippen LogP contribution >= 0.6 is 0 Å². The molecule has 0 saturated carbocycles. The van der Waals surface area contributed by atoms with Crippen molar-refractivity contribution < 1.29 is 4.74 Å². The average Bonchev–Trinajstić information content (AvgIpc) is 3.18. The fourth-order valence-corrected chi connectivity index (χ4v) is 3.72. The Morgan fingerprint density at radius 3 is 2.89 bits per heavy atom. The Hall–Kier alpha value is -2.80. The Balaban J connectivity index is 1.50. The molecule has 4 rings (SSSR count). The van der Waals surface area contributed by atoms with Crippen LogP contribution in [0.4, 0.5) is 0 Å². The number of rotatable bonds is 6. The van der Waals surface area contributed by atoms with E-state index in [2.05, 4.69) is 38.1 Å². The summed E-state index contributed by atoms with van der Waals surface area (Å²) in [5, 5.41) is 4.39. The molecule has 0 amide bonds. The molecule has 0 spiro atoms. The maximum atomic E-state index is 6.10. The first-order chi connectivity index (χ1) is 13.7. The van der Waals surface area contributed by atoms with Crippen LogP contribution in [0.2, 0.25) is 0 Å². The van der Waals surface area contributed by atoms with E-state index in [4.69, 9.17) is 4.74 Å². The lowest BCUT2D eigenvalue weighted by molar-refractivity contribution is 0.196. The van der Waals surface area contributed by atoms with Gasteiger partial charge in [-0.05, 0) is 45.4 Å². The fourth-order valence-electron chi connectivity index (χ4n) is 3.72. The predicted octanol–water partition coefficient (Wildman–Crippen LogP) is 3.57. The monoisotopic (exact) mass is 378 g/mol. The number of pyridine rings is 1. The van der Waals surface area contributed by atoms with Crippen molar-refractivity contribution in [3.8, 4) is 11.6 Å². The van der Waals surface area contributed by atoms with E-state index >= 15 is 0 Å². The van der Waals surface area contributed by atoms with Crippen molar-refractivity contribution in [2.24, 2.45) is 0 Å². The zero-order valence-corrected chi connectivity index (χ0v) is 16.5. The Bertz CT molecular complexity index is 925. The van der Waals surface area contributed by atoms with E-state index in [0.717, 1.165) is 56.2 Å². The number of aromatic nitrogens is 5. The van der Waals surface area contributed by atoms with E-state index in [9.17, 15) is 0 Å². The highest BCUT2D eigenvalue weighted by atomic mass is 16.5. The SMILES string of the molecule is CCn1cc(CN2CCCC(c3nccnc3Oc3cccnc3C)C2)cn1. The minimum Gasteiger partial charge on any atom is -0.435 e. The molecule has 0 aliphatic carbocycles. The van der Waals surface area contributed by atoms with Crippen molar-refractivity contribution in [2.75, 3.05) is 13.1 Å². The molecule has 0 radical (unpaired) electrons. The quantitative estimate of drug-likeness (QED) is 0.653. The fraction of sp³-hybridized carbons (Fsp3) is 0.429. The van der Waals surface area contributed by atoms with Gasteiger partial charge in [0.05, 0.1) is 11.9 Å². The maximum Gasteiger partial charge on any atom is 0.241 e. The maximum absolute atomic E-state index is 6.10. The molecule has 0 N–H and O–H groups in total. The summed E-state index contributed by atoms with van der Waals surface area (Å²) in [5.41, 5.74) is 3.03. The zero-order chi connectivity index (χ0) is 19.3. The molecule has 1 saturated heterocycles. The van der Waals surface area contributed by atoms with Crippen LogP contribution in [0.5, 0.6) is 11.6 Å². The molecule has 1 fully saturated rings. The lowest BCUT2D eigenvalue weighted by Crippen LogP contribution is -2.34. The molecule has 1 aliphatic heterocycles. The predicted molar refractivity (Wildman–Crippen MR) is 106 cm³/mol. The summed E-state index contributed by atoms with van der Waals surface area (Å²) in [6, 6.07) is 3.79. The molecule has 1 unspecified atom stereocenters. The van der Waals surface area contributed by atoms with Crippen LogP contribution in [0.25, 0.3) is 0 Å². The first-order valence-electron chi connectivity index (χ1n) is 9.87. The van der Waals surface area contributed by atoms with Crippen molar-refractivity contribution in [3.05, 3.63) is 60.1 Å². The van der Waals surface area contributed by atoms with Crippen LogP contribution in [0.3, 0.4) is 0 Å². The van der Waals surface area contributed by atoms with Gasteiger partial charge in [0.15, 0.2) is 5.75 Å². The van der Waals surface area contributed by atoms with Crippen LogP contribution < -0.4 is 4.74 Å². The normalized spacial score (nSPS) is 17.6. The molecular weight excluding hydrogens is 352 g/mol. The van der Waals surface area contributed by atoms with Crippen LogP contribution in [0.1, 0.15) is 42.6 Å². The molecule has 7 heteroatoms. The number of nitrogens with zero attached hydrogens (tertiary/aromatic N) is 6. The van der Waals surface area contributed by atoms with E-state index < -0.39 is 0 Å². The second-order valence-corrected chi connectivity index (χ2v) is 7.21. The summed E-state index contributed by atoms with van der Waals surface area (Å²) in [6.45, 7) is 7.88. The van der Waals surface area contributed by atoms with Gasteiger partial charge in [-0.3, -0.25) is 19.5 Å². The Morgan fingerprint density at radius 1 is 1.18 bits per heavy atom. The molecule has 1 atom stereocenters. The van der Waals surface area contributed by atoms with E-state index in [-0.39, 0.29) is 0 Å². The van der Waals surface area contributed by atoms with Crippen LogP contribution in [0, 0.1) is 6.92 Å². The van der Waals surface area contributed by atoms with E-state index in [0.29, 0.717) is 11.8 Å². The average molecular weight is 378 g/mol. The number of likely N-dealkylation sites (tertiary alicyclic amines) is 1. The lowest BCUT2D eigenvalue weighted by atomic mass is 9.94. The Morgan fingerprint density at radius 2 is 2.07 bits per heavy atom. The van der Waals surface area contributed by atoms with Gasteiger partial charge in [-0.1, -0.05) is 0 Å². The number of ether oxygens (including phenoxy) is 1. The van der Waals surface area contributed by atoms with Crippen molar-refractivity contribution in [2.45, 2.75) is 45.7 Å². The minimum atomic E-state index is 0.302. The molecule has 7 nitrogen and oxygen atoms in total. The van der Waals surface area contributed by atoms with Gasteiger partial charge in [0.1, 0.15) is 5.69 Å². The van der Waals surface area contributed by atoms with Crippen LogP contribution in [-0.4, -0.2) is 42.7 Å². The van der Waals surface area contributed by atoms with Crippen molar-refractivity contribution in [3.63, 3.8) is 0 Å². The summed E-state index contributed by atoms with van der Waals surface area (Å²) < 4.78 is 8.07. The number of piperidine rings is 1. The third kappa shape index (κ3) is 4.20. The van der Waals surface area contributed by atoms with Gasteiger partial charge in [0.25, 0.3) is 0 Å². The van der Waals surface area contributed by atoms with Crippen LogP contribution in [-0.2, 0) is 13.1 Å². The third-order valence-electron chi connectivity index (χ3n) is 5.17. The van der Waals surface area contributed by atoms with Crippen molar-refractivity contribution in [1.29, 1.82) is 0 Å². The Labute approximate surface area is 165 Å². The molecule has 3 aromatic heterocycles. The molecule has 0 aromatic carbocycles. The van der Waals surface area contributed by atoms with E-state index in [1.165, 1.54) is 5.56 Å². The molecule has 28 heavy (non-hydrogen) atoms. The molecule has 3 aromatic rings. The second-order valence-electron chi connectivity index (χ2n) is 7.21. The summed E-state index contributed by atoms with van der Waals surface area (Å²) in [4.78, 5) is 15.9. The van der Waals surface area contributed by atoms with Gasteiger partial charge < -0.3 is 4.74 Å². The van der Waals surface area contributed by atoms with Crippen molar-refractivity contribution >= 4 is 0 Å². The van der Waals surface area contributed by atoms with Gasteiger partial charge in [-0.15, -0.1) is 0 Å². The summed E-state index contributed by atoms with van der Waals surface area (Å²) in [6.07, 6.45) is 11.5. The highest BCUT2D eigenvalue weighted by Gasteiger charge is 2.26. The number of hydrogen-bond acceptors (Lipinski definition) is 6. The van der Waals surface area contributed by atoms with Gasteiger partial charge in [-0.2, -0.15) is 5.10 Å². The van der Waals surface area contributed by atoms with Gasteiger partial charge >= 0.3 is 0 Å². The highest BCUT2D eigenvalue weighted by Crippen LogP contribution is 2.33.